The molecular formula is C22H24N2O2. The normalized spacial score (nSPS) is 10.5. The van der Waals surface area contributed by atoms with Crippen LogP contribution in [0.3, 0.4) is 0 Å². The molecule has 0 aliphatic heterocycles. The van der Waals surface area contributed by atoms with Gasteiger partial charge in [0.1, 0.15) is 6.61 Å². The average molecular weight is 348 g/mol. The highest BCUT2D eigenvalue weighted by Gasteiger charge is 2.05. The van der Waals surface area contributed by atoms with E-state index in [0.717, 1.165) is 17.7 Å². The monoisotopic (exact) mass is 348 g/mol. The molecule has 0 aliphatic rings. The van der Waals surface area contributed by atoms with Crippen LogP contribution in [0.15, 0.2) is 66.7 Å². The summed E-state index contributed by atoms with van der Waals surface area (Å²) in [5.41, 5.74) is 5.76. The number of hydrogen-bond acceptors (Lipinski definition) is 2. The zero-order valence-corrected chi connectivity index (χ0v) is 15.2. The second-order valence-corrected chi connectivity index (χ2v) is 6.36. The molecule has 1 amide bonds. The van der Waals surface area contributed by atoms with E-state index < -0.39 is 0 Å². The third-order valence-electron chi connectivity index (χ3n) is 4.36. The molecule has 0 radical (unpaired) electrons. The molecule has 0 unspecified atom stereocenters. The number of benzene rings is 2. The molecule has 0 spiro atoms. The Bertz CT molecular complexity index is 832. The maximum absolute atomic E-state index is 11.8. The highest BCUT2D eigenvalue weighted by Crippen LogP contribution is 2.17. The van der Waals surface area contributed by atoms with Crippen molar-refractivity contribution in [3.63, 3.8) is 0 Å². The van der Waals surface area contributed by atoms with Crippen molar-refractivity contribution >= 4 is 6.09 Å². The number of nitrogens with one attached hydrogen (secondary N) is 1. The first-order valence-corrected chi connectivity index (χ1v) is 8.82. The fourth-order valence-electron chi connectivity index (χ4n) is 2.97. The van der Waals surface area contributed by atoms with Crippen LogP contribution in [-0.2, 0) is 17.8 Å². The summed E-state index contributed by atoms with van der Waals surface area (Å²) in [5.74, 6) is 0. The average Bonchev–Trinajstić information content (AvgIpc) is 3.00. The van der Waals surface area contributed by atoms with Gasteiger partial charge in [-0.1, -0.05) is 42.5 Å². The van der Waals surface area contributed by atoms with E-state index in [1.165, 1.54) is 17.0 Å². The van der Waals surface area contributed by atoms with Crippen molar-refractivity contribution in [2.75, 3.05) is 6.54 Å². The number of aryl methyl sites for hydroxylation is 2. The summed E-state index contributed by atoms with van der Waals surface area (Å²) < 4.78 is 7.43. The SMILES string of the molecule is Cc1ccc(C)n1-c1ccc(CCNC(=O)OCc2ccccc2)cc1. The largest absolute Gasteiger partial charge is 0.445 e. The topological polar surface area (TPSA) is 43.3 Å². The summed E-state index contributed by atoms with van der Waals surface area (Å²) in [4.78, 5) is 11.8. The zero-order valence-electron chi connectivity index (χ0n) is 15.2. The maximum atomic E-state index is 11.8. The van der Waals surface area contributed by atoms with Crippen molar-refractivity contribution in [1.82, 2.24) is 9.88 Å². The van der Waals surface area contributed by atoms with Crippen molar-refractivity contribution in [2.45, 2.75) is 26.9 Å². The van der Waals surface area contributed by atoms with Crippen molar-refractivity contribution in [3.8, 4) is 5.69 Å². The molecule has 0 fully saturated rings. The quantitative estimate of drug-likeness (QED) is 0.709. The smallest absolute Gasteiger partial charge is 0.407 e. The molecule has 0 bridgehead atoms. The van der Waals surface area contributed by atoms with Gasteiger partial charge >= 0.3 is 6.09 Å². The lowest BCUT2D eigenvalue weighted by Crippen LogP contribution is -2.26. The van der Waals surface area contributed by atoms with Gasteiger partial charge in [-0.2, -0.15) is 0 Å². The Labute approximate surface area is 154 Å². The van der Waals surface area contributed by atoms with Gasteiger partial charge in [0.2, 0.25) is 0 Å². The predicted octanol–water partition coefficient (Wildman–Crippen LogP) is 4.56. The maximum Gasteiger partial charge on any atom is 0.407 e. The molecule has 0 atom stereocenters. The Hall–Kier alpha value is -3.01. The number of ether oxygens (including phenoxy) is 1. The minimum atomic E-state index is -0.385. The highest BCUT2D eigenvalue weighted by atomic mass is 16.5. The van der Waals surface area contributed by atoms with Gasteiger partial charge in [0.25, 0.3) is 0 Å². The summed E-state index contributed by atoms with van der Waals surface area (Å²) in [5, 5.41) is 2.80. The van der Waals surface area contributed by atoms with Crippen LogP contribution >= 0.6 is 0 Å². The molecule has 4 heteroatoms. The fourth-order valence-corrected chi connectivity index (χ4v) is 2.97. The number of alkyl carbamates (subject to hydrolysis) is 1. The van der Waals surface area contributed by atoms with E-state index in [2.05, 4.69) is 60.1 Å². The summed E-state index contributed by atoms with van der Waals surface area (Å²) in [6, 6.07) is 22.3. The second-order valence-electron chi connectivity index (χ2n) is 6.36. The van der Waals surface area contributed by atoms with Crippen LogP contribution in [0.25, 0.3) is 5.69 Å². The van der Waals surface area contributed by atoms with Crippen molar-refractivity contribution in [3.05, 3.63) is 89.2 Å². The number of hydrogen-bond donors (Lipinski definition) is 1. The summed E-state index contributed by atoms with van der Waals surface area (Å²) in [7, 11) is 0. The lowest BCUT2D eigenvalue weighted by molar-refractivity contribution is 0.140. The molecule has 4 nitrogen and oxygen atoms in total. The van der Waals surface area contributed by atoms with Gasteiger partial charge in [0.15, 0.2) is 0 Å². The van der Waals surface area contributed by atoms with Crippen LogP contribution in [0.1, 0.15) is 22.5 Å². The van der Waals surface area contributed by atoms with Gasteiger partial charge in [0.05, 0.1) is 0 Å². The molecule has 1 aromatic heterocycles. The Morgan fingerprint density at radius 1 is 0.885 bits per heavy atom. The number of nitrogens with zero attached hydrogens (tertiary/aromatic N) is 1. The number of carbonyl (C=O) groups is 1. The molecule has 3 rings (SSSR count). The van der Waals surface area contributed by atoms with E-state index in [1.54, 1.807) is 0 Å². The van der Waals surface area contributed by atoms with E-state index in [4.69, 9.17) is 4.74 Å². The number of aromatic nitrogens is 1. The van der Waals surface area contributed by atoms with E-state index in [9.17, 15) is 4.79 Å². The lowest BCUT2D eigenvalue weighted by atomic mass is 10.1. The van der Waals surface area contributed by atoms with Crippen LogP contribution in [0, 0.1) is 13.8 Å². The molecule has 1 heterocycles. The fraction of sp³-hybridized carbons (Fsp3) is 0.227. The first-order valence-electron chi connectivity index (χ1n) is 8.82. The molecule has 134 valence electrons. The van der Waals surface area contributed by atoms with Crippen molar-refractivity contribution < 1.29 is 9.53 Å². The Morgan fingerprint density at radius 3 is 2.19 bits per heavy atom. The summed E-state index contributed by atoms with van der Waals surface area (Å²) >= 11 is 0. The van der Waals surface area contributed by atoms with Crippen LogP contribution in [-0.4, -0.2) is 17.2 Å². The second kappa shape index (κ2) is 8.39. The minimum absolute atomic E-state index is 0.289. The van der Waals surface area contributed by atoms with Crippen LogP contribution in [0.4, 0.5) is 4.79 Å². The minimum Gasteiger partial charge on any atom is -0.445 e. The van der Waals surface area contributed by atoms with Crippen LogP contribution < -0.4 is 5.32 Å². The van der Waals surface area contributed by atoms with E-state index in [-0.39, 0.29) is 12.7 Å². The molecule has 3 aromatic rings. The summed E-state index contributed by atoms with van der Waals surface area (Å²) in [6.07, 6.45) is 0.383. The molecule has 0 saturated carbocycles. The molecule has 2 aromatic carbocycles. The van der Waals surface area contributed by atoms with E-state index >= 15 is 0 Å². The Kier molecular flexibility index (Phi) is 5.74. The molecule has 0 saturated heterocycles. The third-order valence-corrected chi connectivity index (χ3v) is 4.36. The van der Waals surface area contributed by atoms with Gasteiger partial charge in [0, 0.05) is 23.6 Å². The summed E-state index contributed by atoms with van der Waals surface area (Å²) in [6.45, 7) is 5.04. The van der Waals surface area contributed by atoms with Gasteiger partial charge in [-0.25, -0.2) is 4.79 Å². The number of rotatable bonds is 6. The first-order chi connectivity index (χ1) is 12.6. The first kappa shape index (κ1) is 17.8. The van der Waals surface area contributed by atoms with Gasteiger partial charge in [-0.05, 0) is 55.7 Å². The van der Waals surface area contributed by atoms with Crippen molar-refractivity contribution in [1.29, 1.82) is 0 Å². The lowest BCUT2D eigenvalue weighted by Gasteiger charge is -2.11. The van der Waals surface area contributed by atoms with Gasteiger partial charge < -0.3 is 14.6 Å². The third kappa shape index (κ3) is 4.54. The van der Waals surface area contributed by atoms with Gasteiger partial charge in [-0.15, -0.1) is 0 Å². The highest BCUT2D eigenvalue weighted by molar-refractivity contribution is 5.67. The van der Waals surface area contributed by atoms with Crippen LogP contribution in [0.2, 0.25) is 0 Å². The molecular weight excluding hydrogens is 324 g/mol. The standard InChI is InChI=1S/C22H24N2O2/c1-17-8-9-18(2)24(17)21-12-10-19(11-13-21)14-15-23-22(25)26-16-20-6-4-3-5-7-20/h3-13H,14-16H2,1-2H3,(H,23,25). The van der Waals surface area contributed by atoms with Crippen molar-refractivity contribution in [2.24, 2.45) is 0 Å². The predicted molar refractivity (Wildman–Crippen MR) is 104 cm³/mol. The van der Waals surface area contributed by atoms with E-state index in [1.807, 2.05) is 30.3 Å². The molecule has 26 heavy (non-hydrogen) atoms. The van der Waals surface area contributed by atoms with Gasteiger partial charge in [-0.3, -0.25) is 0 Å². The molecule has 0 aliphatic carbocycles. The Balaban J connectivity index is 1.46. The van der Waals surface area contributed by atoms with E-state index in [0.29, 0.717) is 6.54 Å². The van der Waals surface area contributed by atoms with Crippen LogP contribution in [0.5, 0.6) is 0 Å². The zero-order chi connectivity index (χ0) is 18.4. The molecule has 1 N–H and O–H groups in total. The Morgan fingerprint density at radius 2 is 1.54 bits per heavy atom. The number of amides is 1. The number of carbonyl (C=O) groups excluding carboxylic acids is 1.